The molecule has 1 aromatic carbocycles. The van der Waals surface area contributed by atoms with Crippen molar-refractivity contribution in [1.29, 1.82) is 0 Å². The molecule has 2 aromatic rings. The number of anilines is 1. The number of carbonyl (C=O) groups excluding carboxylic acids is 2. The van der Waals surface area contributed by atoms with Gasteiger partial charge in [0.15, 0.2) is 17.5 Å². The zero-order chi connectivity index (χ0) is 19.6. The van der Waals surface area contributed by atoms with E-state index in [-0.39, 0.29) is 0 Å². The Kier molecular flexibility index (Phi) is 5.68. The number of nitrogens with one attached hydrogen (secondary N) is 3. The molecule has 0 aliphatic heterocycles. The Morgan fingerprint density at radius 3 is 2.74 bits per heavy atom. The van der Waals surface area contributed by atoms with Crippen molar-refractivity contribution in [1.82, 2.24) is 20.5 Å². The van der Waals surface area contributed by atoms with Crippen LogP contribution in [0.3, 0.4) is 0 Å². The SMILES string of the molecule is CC(Sc1n[nH]c(C2CC2)n1)C(=O)NCC(=O)Nc1ccc(F)c(F)c1F. The second kappa shape index (κ2) is 7.99. The van der Waals surface area contributed by atoms with Crippen molar-refractivity contribution < 1.29 is 22.8 Å². The number of amides is 2. The summed E-state index contributed by atoms with van der Waals surface area (Å²) in [6.07, 6.45) is 2.14. The third-order valence-electron chi connectivity index (χ3n) is 3.83. The van der Waals surface area contributed by atoms with Gasteiger partial charge in [-0.05, 0) is 31.9 Å². The van der Waals surface area contributed by atoms with Crippen molar-refractivity contribution in [2.75, 3.05) is 11.9 Å². The van der Waals surface area contributed by atoms with E-state index in [1.54, 1.807) is 6.92 Å². The average molecular weight is 399 g/mol. The number of hydrogen-bond donors (Lipinski definition) is 3. The highest BCUT2D eigenvalue weighted by Gasteiger charge is 2.28. The lowest BCUT2D eigenvalue weighted by Gasteiger charge is -2.11. The fraction of sp³-hybridized carbons (Fsp3) is 0.375. The number of thioether (sulfide) groups is 1. The third kappa shape index (κ3) is 4.79. The lowest BCUT2D eigenvalue weighted by atomic mass is 10.2. The second-order valence-corrected chi connectivity index (χ2v) is 7.33. The highest BCUT2D eigenvalue weighted by atomic mass is 32.2. The van der Waals surface area contributed by atoms with Gasteiger partial charge >= 0.3 is 0 Å². The summed E-state index contributed by atoms with van der Waals surface area (Å²) in [5, 5.41) is 11.2. The zero-order valence-corrected chi connectivity index (χ0v) is 15.0. The van der Waals surface area contributed by atoms with E-state index >= 15 is 0 Å². The van der Waals surface area contributed by atoms with Crippen LogP contribution in [0.2, 0.25) is 0 Å². The van der Waals surface area contributed by atoms with Gasteiger partial charge in [-0.25, -0.2) is 18.2 Å². The highest BCUT2D eigenvalue weighted by molar-refractivity contribution is 8.00. The number of nitrogens with zero attached hydrogens (tertiary/aromatic N) is 2. The molecule has 1 aliphatic rings. The lowest BCUT2D eigenvalue weighted by molar-refractivity contribution is -0.123. The zero-order valence-electron chi connectivity index (χ0n) is 14.2. The maximum absolute atomic E-state index is 13.5. The molecule has 1 aromatic heterocycles. The van der Waals surface area contributed by atoms with Crippen LogP contribution in [0.15, 0.2) is 17.3 Å². The first kappa shape index (κ1) is 19.2. The van der Waals surface area contributed by atoms with Crippen molar-refractivity contribution in [3.63, 3.8) is 0 Å². The van der Waals surface area contributed by atoms with Gasteiger partial charge in [0.05, 0.1) is 17.5 Å². The molecular formula is C16H16F3N5O2S. The third-order valence-corrected chi connectivity index (χ3v) is 4.79. The standard InChI is InChI=1S/C16H16F3N5O2S/c1-7(27-16-22-14(23-24-16)8-2-3-8)15(26)20-6-11(25)21-10-5-4-9(17)12(18)13(10)19/h4-5,7-8H,2-3,6H2,1H3,(H,20,26)(H,21,25)(H,22,23,24). The molecule has 1 saturated carbocycles. The summed E-state index contributed by atoms with van der Waals surface area (Å²) in [5.41, 5.74) is -0.510. The number of aromatic nitrogens is 3. The minimum atomic E-state index is -1.68. The summed E-state index contributed by atoms with van der Waals surface area (Å²) < 4.78 is 39.5. The fourth-order valence-corrected chi connectivity index (χ4v) is 2.95. The van der Waals surface area contributed by atoms with E-state index in [0.29, 0.717) is 17.1 Å². The van der Waals surface area contributed by atoms with Crippen molar-refractivity contribution >= 4 is 29.3 Å². The monoisotopic (exact) mass is 399 g/mol. The molecule has 1 fully saturated rings. The lowest BCUT2D eigenvalue weighted by Crippen LogP contribution is -2.37. The first-order valence-electron chi connectivity index (χ1n) is 8.15. The Morgan fingerprint density at radius 2 is 2.04 bits per heavy atom. The highest BCUT2D eigenvalue weighted by Crippen LogP contribution is 2.38. The van der Waals surface area contributed by atoms with Crippen molar-refractivity contribution in [3.05, 3.63) is 35.4 Å². The van der Waals surface area contributed by atoms with Gasteiger partial charge in [-0.2, -0.15) is 0 Å². The Labute approximate surface area is 156 Å². The molecule has 7 nitrogen and oxygen atoms in total. The summed E-state index contributed by atoms with van der Waals surface area (Å²) in [4.78, 5) is 28.1. The Bertz CT molecular complexity index is 872. The molecule has 3 N–H and O–H groups in total. The normalized spacial score (nSPS) is 14.7. The van der Waals surface area contributed by atoms with Crippen LogP contribution >= 0.6 is 11.8 Å². The van der Waals surface area contributed by atoms with Gasteiger partial charge in [0.1, 0.15) is 5.82 Å². The number of carbonyl (C=O) groups is 2. The molecule has 27 heavy (non-hydrogen) atoms. The minimum Gasteiger partial charge on any atom is -0.346 e. The number of aromatic amines is 1. The van der Waals surface area contributed by atoms with Crippen LogP contribution in [-0.4, -0.2) is 38.8 Å². The Hall–Kier alpha value is -2.56. The molecule has 1 unspecified atom stereocenters. The van der Waals surface area contributed by atoms with E-state index in [0.717, 1.165) is 36.5 Å². The second-order valence-electron chi connectivity index (χ2n) is 6.03. The number of benzene rings is 1. The van der Waals surface area contributed by atoms with Gasteiger partial charge in [-0.3, -0.25) is 14.7 Å². The number of rotatable bonds is 7. The van der Waals surface area contributed by atoms with Crippen LogP contribution in [0.25, 0.3) is 0 Å². The molecular weight excluding hydrogens is 383 g/mol. The Morgan fingerprint density at radius 1 is 1.30 bits per heavy atom. The molecule has 1 atom stereocenters. The molecule has 0 spiro atoms. The van der Waals surface area contributed by atoms with Crippen LogP contribution in [-0.2, 0) is 9.59 Å². The van der Waals surface area contributed by atoms with Gasteiger partial charge in [-0.15, -0.1) is 5.10 Å². The summed E-state index contributed by atoms with van der Waals surface area (Å²) >= 11 is 1.13. The largest absolute Gasteiger partial charge is 0.346 e. The van der Waals surface area contributed by atoms with Crippen LogP contribution < -0.4 is 10.6 Å². The van der Waals surface area contributed by atoms with E-state index < -0.39 is 46.7 Å². The van der Waals surface area contributed by atoms with Crippen molar-refractivity contribution in [2.45, 2.75) is 36.1 Å². The van der Waals surface area contributed by atoms with Crippen molar-refractivity contribution in [3.8, 4) is 0 Å². The number of hydrogen-bond acceptors (Lipinski definition) is 5. The molecule has 0 saturated heterocycles. The van der Waals surface area contributed by atoms with Gasteiger partial charge in [0, 0.05) is 5.92 Å². The van der Waals surface area contributed by atoms with E-state index in [2.05, 4.69) is 25.8 Å². The molecule has 1 heterocycles. The predicted molar refractivity (Wildman–Crippen MR) is 91.6 cm³/mol. The molecule has 3 rings (SSSR count). The summed E-state index contributed by atoms with van der Waals surface area (Å²) in [7, 11) is 0. The maximum Gasteiger partial charge on any atom is 0.243 e. The number of H-pyrrole nitrogens is 1. The number of halogens is 3. The summed E-state index contributed by atoms with van der Waals surface area (Å²) in [6, 6.07) is 1.59. The van der Waals surface area contributed by atoms with Gasteiger partial charge in [0.2, 0.25) is 17.0 Å². The molecule has 0 radical (unpaired) electrons. The molecule has 144 valence electrons. The van der Waals surface area contributed by atoms with Gasteiger partial charge in [0.25, 0.3) is 0 Å². The molecule has 11 heteroatoms. The van der Waals surface area contributed by atoms with E-state index in [9.17, 15) is 22.8 Å². The van der Waals surface area contributed by atoms with Crippen LogP contribution in [0, 0.1) is 17.5 Å². The van der Waals surface area contributed by atoms with Crippen molar-refractivity contribution in [2.24, 2.45) is 0 Å². The molecule has 2 amide bonds. The molecule has 0 bridgehead atoms. The van der Waals surface area contributed by atoms with Gasteiger partial charge < -0.3 is 10.6 Å². The van der Waals surface area contributed by atoms with E-state index in [1.165, 1.54) is 0 Å². The molecule has 1 aliphatic carbocycles. The fourth-order valence-electron chi connectivity index (χ4n) is 2.19. The smallest absolute Gasteiger partial charge is 0.243 e. The van der Waals surface area contributed by atoms with Gasteiger partial charge in [-0.1, -0.05) is 11.8 Å². The maximum atomic E-state index is 13.5. The summed E-state index contributed by atoms with van der Waals surface area (Å²) in [6.45, 7) is 1.17. The minimum absolute atomic E-state index is 0.413. The van der Waals surface area contributed by atoms with Crippen LogP contribution in [0.4, 0.5) is 18.9 Å². The topological polar surface area (TPSA) is 99.8 Å². The van der Waals surface area contributed by atoms with Crippen LogP contribution in [0.5, 0.6) is 0 Å². The first-order chi connectivity index (χ1) is 12.8. The summed E-state index contributed by atoms with van der Waals surface area (Å²) in [5.74, 6) is -4.55. The average Bonchev–Trinajstić information content (AvgIpc) is 3.39. The van der Waals surface area contributed by atoms with E-state index in [4.69, 9.17) is 0 Å². The van der Waals surface area contributed by atoms with E-state index in [1.807, 2.05) is 0 Å². The van der Waals surface area contributed by atoms with Crippen LogP contribution in [0.1, 0.15) is 31.5 Å². The Balaban J connectivity index is 1.47. The first-order valence-corrected chi connectivity index (χ1v) is 9.03. The quantitative estimate of drug-likeness (QED) is 0.490. The predicted octanol–water partition coefficient (Wildman–Crippen LogP) is 2.33.